The number of hydrogen-bond donors (Lipinski definition) is 1. The quantitative estimate of drug-likeness (QED) is 0.514. The first-order valence-corrected chi connectivity index (χ1v) is 7.19. The molecule has 0 bridgehead atoms. The van der Waals surface area contributed by atoms with Gasteiger partial charge >= 0.3 is 51.4 Å². The molecule has 2 rings (SSSR count). The van der Waals surface area contributed by atoms with Crippen LogP contribution in [0.1, 0.15) is 0 Å². The summed E-state index contributed by atoms with van der Waals surface area (Å²) in [6.07, 6.45) is 0. The van der Waals surface area contributed by atoms with E-state index in [4.69, 9.17) is 15.2 Å². The van der Waals surface area contributed by atoms with Crippen LogP contribution in [0.15, 0.2) is 35.2 Å². The van der Waals surface area contributed by atoms with Crippen molar-refractivity contribution in [3.05, 3.63) is 35.1 Å². The first-order valence-electron chi connectivity index (χ1n) is 5.75. The van der Waals surface area contributed by atoms with Gasteiger partial charge in [-0.05, 0) is 30.1 Å². The van der Waals surface area contributed by atoms with Crippen molar-refractivity contribution in [3.63, 3.8) is 0 Å². The van der Waals surface area contributed by atoms with Gasteiger partial charge in [-0.2, -0.15) is 4.98 Å². The van der Waals surface area contributed by atoms with E-state index in [2.05, 4.69) is 14.7 Å². The number of methoxy groups -OCH3 is 2. The number of sulfonamides is 1. The van der Waals surface area contributed by atoms with Crippen LogP contribution in [0.5, 0.6) is 11.9 Å². The Morgan fingerprint density at radius 1 is 1.09 bits per heavy atom. The van der Waals surface area contributed by atoms with E-state index in [0.717, 1.165) is 0 Å². The molecule has 0 aliphatic heterocycles. The van der Waals surface area contributed by atoms with E-state index in [1.165, 1.54) is 44.6 Å². The number of benzene rings is 1. The second-order valence-corrected chi connectivity index (χ2v) is 5.49. The van der Waals surface area contributed by atoms with Gasteiger partial charge in [0.15, 0.2) is 0 Å². The van der Waals surface area contributed by atoms with Crippen molar-refractivity contribution in [2.75, 3.05) is 20.0 Å². The first kappa shape index (κ1) is 19.1. The Morgan fingerprint density at radius 2 is 1.73 bits per heavy atom. The van der Waals surface area contributed by atoms with Crippen LogP contribution in [-0.4, -0.2) is 32.6 Å². The van der Waals surface area contributed by atoms with Crippen LogP contribution in [0.2, 0.25) is 0 Å². The first-order chi connectivity index (χ1) is 9.94. The summed E-state index contributed by atoms with van der Waals surface area (Å²) >= 11 is 0. The van der Waals surface area contributed by atoms with Crippen molar-refractivity contribution in [3.8, 4) is 11.9 Å². The number of ether oxygens (including phenoxy) is 2. The van der Waals surface area contributed by atoms with Crippen LogP contribution in [0, 0.1) is 0 Å². The van der Waals surface area contributed by atoms with Crippen molar-refractivity contribution >= 4 is 21.5 Å². The molecule has 1 heterocycles. The van der Waals surface area contributed by atoms with E-state index >= 15 is 0 Å². The Morgan fingerprint density at radius 3 is 2.27 bits per heavy atom. The van der Waals surface area contributed by atoms with Crippen LogP contribution >= 0.6 is 0 Å². The molecule has 0 fully saturated rings. The van der Waals surface area contributed by atoms with Crippen molar-refractivity contribution in [2.45, 2.75) is 4.90 Å². The summed E-state index contributed by atoms with van der Waals surface area (Å²) in [6.45, 7) is 0. The van der Waals surface area contributed by atoms with Gasteiger partial charge in [0.05, 0.1) is 19.1 Å². The molecule has 0 spiro atoms. The van der Waals surface area contributed by atoms with Gasteiger partial charge in [0.2, 0.25) is 21.9 Å². The van der Waals surface area contributed by atoms with E-state index in [1.807, 2.05) is 0 Å². The molecule has 0 saturated carbocycles. The van der Waals surface area contributed by atoms with Crippen molar-refractivity contribution in [1.82, 2.24) is 9.97 Å². The molecular formula is C12H13KN4O4S. The number of aromatic nitrogens is 2. The van der Waals surface area contributed by atoms with E-state index < -0.39 is 10.0 Å². The Labute approximate surface area is 170 Å². The summed E-state index contributed by atoms with van der Waals surface area (Å²) in [5.41, 5.74) is 5.98. The molecule has 0 amide bonds. The summed E-state index contributed by atoms with van der Waals surface area (Å²) < 4.78 is 37.7. The second-order valence-electron chi connectivity index (χ2n) is 3.89. The minimum Gasteiger partial charge on any atom is -0.483 e. The molecule has 10 heteroatoms. The van der Waals surface area contributed by atoms with E-state index in [1.54, 1.807) is 0 Å². The fraction of sp³-hybridized carbons (Fsp3) is 0.167. The number of nitrogen functional groups attached to an aromatic ring is 1. The second kappa shape index (κ2) is 8.08. The molecule has 0 radical (unpaired) electrons. The predicted molar refractivity (Wildman–Crippen MR) is 76.2 cm³/mol. The summed E-state index contributed by atoms with van der Waals surface area (Å²) in [5.74, 6) is 0.0589. The maximum atomic E-state index is 12.2. The Bertz CT molecular complexity index is 715. The van der Waals surface area contributed by atoms with E-state index in [0.29, 0.717) is 5.69 Å². The van der Waals surface area contributed by atoms with Crippen LogP contribution in [-0.2, 0) is 10.0 Å². The summed E-state index contributed by atoms with van der Waals surface area (Å²) in [4.78, 5) is 7.71. The fourth-order valence-corrected chi connectivity index (χ4v) is 2.38. The van der Waals surface area contributed by atoms with Crippen LogP contribution in [0.4, 0.5) is 11.5 Å². The molecular weight excluding hydrogens is 335 g/mol. The van der Waals surface area contributed by atoms with Gasteiger partial charge in [-0.3, -0.25) is 0 Å². The standard InChI is InChI=1S/C12H13N4O4S.K/c1-19-11-7-10(14-12(15-11)20-2)16-21(17,18)9-5-3-8(13)4-6-9;/h3-7H,13H2,1-2H3;/q-1;+1. The molecule has 0 saturated heterocycles. The molecule has 1 aromatic heterocycles. The zero-order valence-electron chi connectivity index (χ0n) is 12.3. The third kappa shape index (κ3) is 4.79. The predicted octanol–water partition coefficient (Wildman–Crippen LogP) is -1.53. The molecule has 0 atom stereocenters. The van der Waals surface area contributed by atoms with E-state index in [9.17, 15) is 8.42 Å². The van der Waals surface area contributed by atoms with Crippen molar-refractivity contribution in [1.29, 1.82) is 0 Å². The molecule has 22 heavy (non-hydrogen) atoms. The maximum absolute atomic E-state index is 12.2. The Kier molecular flexibility index (Phi) is 7.03. The fourth-order valence-electron chi connectivity index (χ4n) is 1.45. The van der Waals surface area contributed by atoms with Gasteiger partial charge in [-0.15, -0.1) is 0 Å². The van der Waals surface area contributed by atoms with Crippen LogP contribution in [0.3, 0.4) is 0 Å². The Balaban J connectivity index is 0.00000242. The maximum Gasteiger partial charge on any atom is 1.00 e. The zero-order valence-corrected chi connectivity index (χ0v) is 16.3. The number of hydrogen-bond acceptors (Lipinski definition) is 7. The molecule has 2 N–H and O–H groups in total. The molecule has 0 aliphatic carbocycles. The van der Waals surface area contributed by atoms with Gasteiger partial charge in [0, 0.05) is 11.8 Å². The van der Waals surface area contributed by atoms with Gasteiger partial charge in [0.25, 0.3) is 0 Å². The minimum atomic E-state index is -3.91. The monoisotopic (exact) mass is 348 g/mol. The molecule has 2 aromatic rings. The van der Waals surface area contributed by atoms with Gasteiger partial charge < -0.3 is 24.9 Å². The van der Waals surface area contributed by atoms with Crippen molar-refractivity contribution in [2.24, 2.45) is 0 Å². The van der Waals surface area contributed by atoms with Gasteiger partial charge in [0.1, 0.15) is 0 Å². The summed E-state index contributed by atoms with van der Waals surface area (Å²) in [7, 11) is -1.17. The van der Waals surface area contributed by atoms with E-state index in [-0.39, 0.29) is 74.0 Å². The van der Waals surface area contributed by atoms with Gasteiger partial charge in [-0.1, -0.05) is 0 Å². The third-order valence-corrected chi connectivity index (χ3v) is 3.75. The zero-order chi connectivity index (χ0) is 15.5. The third-order valence-electron chi connectivity index (χ3n) is 2.45. The normalized spacial score (nSPS) is 10.5. The largest absolute Gasteiger partial charge is 1.00 e. The average molecular weight is 348 g/mol. The number of nitrogens with zero attached hydrogens (tertiary/aromatic N) is 3. The summed E-state index contributed by atoms with van der Waals surface area (Å²) in [6, 6.07) is 6.93. The van der Waals surface area contributed by atoms with Crippen LogP contribution < -0.4 is 66.6 Å². The SMILES string of the molecule is COc1cc([N-]S(=O)(=O)c2ccc(N)cc2)nc(OC)n1.[K+]. The topological polar surface area (TPSA) is 119 Å². The van der Waals surface area contributed by atoms with Crippen LogP contribution in [0.25, 0.3) is 4.72 Å². The number of nitrogens with two attached hydrogens (primary N) is 1. The minimum absolute atomic E-state index is 0. The smallest absolute Gasteiger partial charge is 0.483 e. The van der Waals surface area contributed by atoms with Gasteiger partial charge in [-0.25, -0.2) is 8.42 Å². The average Bonchev–Trinajstić information content (AvgIpc) is 2.46. The number of rotatable bonds is 5. The number of anilines is 1. The molecule has 0 unspecified atom stereocenters. The van der Waals surface area contributed by atoms with Crippen molar-refractivity contribution < 1.29 is 69.3 Å². The molecule has 0 aliphatic rings. The Hall–Kier alpha value is -0.914. The summed E-state index contributed by atoms with van der Waals surface area (Å²) in [5, 5.41) is 0. The molecule has 8 nitrogen and oxygen atoms in total. The molecule has 1 aromatic carbocycles. The molecule has 112 valence electrons.